The Morgan fingerprint density at radius 2 is 2.22 bits per heavy atom. The largest absolute Gasteiger partial charge is 0.503 e. The minimum Gasteiger partial charge on any atom is -0.503 e. The molecule has 0 fully saturated rings. The van der Waals surface area contributed by atoms with Gasteiger partial charge in [0, 0.05) is 18.9 Å². The fraction of sp³-hybridized carbons (Fsp3) is 0.235. The molecule has 1 unspecified atom stereocenters. The Bertz CT molecular complexity index is 753. The fourth-order valence-corrected chi connectivity index (χ4v) is 3.46. The summed E-state index contributed by atoms with van der Waals surface area (Å²) in [4.78, 5) is 31.3. The van der Waals surface area contributed by atoms with E-state index in [4.69, 9.17) is 0 Å². The van der Waals surface area contributed by atoms with Gasteiger partial charge in [-0.1, -0.05) is 19.1 Å². The highest BCUT2D eigenvalue weighted by atomic mass is 32.1. The molecule has 1 atom stereocenters. The molecule has 1 N–H and O–H groups in total. The van der Waals surface area contributed by atoms with Gasteiger partial charge in [0.15, 0.2) is 5.76 Å². The number of ketones is 1. The van der Waals surface area contributed by atoms with Crippen molar-refractivity contribution in [3.63, 3.8) is 0 Å². The predicted molar refractivity (Wildman–Crippen MR) is 87.3 cm³/mol. The van der Waals surface area contributed by atoms with Crippen molar-refractivity contribution in [1.29, 1.82) is 0 Å². The van der Waals surface area contributed by atoms with Crippen molar-refractivity contribution in [3.8, 4) is 0 Å². The first-order valence-corrected chi connectivity index (χ1v) is 8.25. The van der Waals surface area contributed by atoms with Crippen LogP contribution in [0.3, 0.4) is 0 Å². The molecule has 0 aromatic carbocycles. The van der Waals surface area contributed by atoms with E-state index in [0.29, 0.717) is 11.4 Å². The van der Waals surface area contributed by atoms with Crippen molar-refractivity contribution in [2.45, 2.75) is 19.4 Å². The number of aromatic nitrogens is 1. The van der Waals surface area contributed by atoms with Crippen molar-refractivity contribution >= 4 is 23.0 Å². The molecule has 1 amide bonds. The molecule has 0 bridgehead atoms. The maximum Gasteiger partial charge on any atom is 0.290 e. The molecule has 118 valence electrons. The third-order valence-electron chi connectivity index (χ3n) is 3.76. The Hall–Kier alpha value is -2.47. The topological polar surface area (TPSA) is 70.5 Å². The average Bonchev–Trinajstić information content (AvgIpc) is 3.18. The van der Waals surface area contributed by atoms with Gasteiger partial charge < -0.3 is 10.0 Å². The Balaban J connectivity index is 2.10. The third kappa shape index (κ3) is 2.66. The molecule has 5 nitrogen and oxygen atoms in total. The first-order valence-electron chi connectivity index (χ1n) is 7.37. The Morgan fingerprint density at radius 3 is 2.83 bits per heavy atom. The van der Waals surface area contributed by atoms with Crippen molar-refractivity contribution in [1.82, 2.24) is 9.88 Å². The van der Waals surface area contributed by atoms with Gasteiger partial charge in [0.05, 0.1) is 16.5 Å². The molecule has 0 saturated heterocycles. The van der Waals surface area contributed by atoms with Crippen LogP contribution in [-0.2, 0) is 4.79 Å². The van der Waals surface area contributed by atoms with E-state index in [1.54, 1.807) is 36.0 Å². The van der Waals surface area contributed by atoms with E-state index in [2.05, 4.69) is 4.98 Å². The van der Waals surface area contributed by atoms with Crippen LogP contribution in [0.1, 0.15) is 34.6 Å². The summed E-state index contributed by atoms with van der Waals surface area (Å²) in [5, 5.41) is 12.1. The van der Waals surface area contributed by atoms with E-state index in [1.165, 1.54) is 16.2 Å². The standard InChI is InChI=1S/C17H16N2O3S/c1-2-8-19-14(11-5-3-7-18-10-11)13(16(21)17(19)22)15(20)12-6-4-9-23-12/h3-7,9-10,14,21H,2,8H2,1H3. The summed E-state index contributed by atoms with van der Waals surface area (Å²) >= 11 is 1.29. The molecular formula is C17H16N2O3S. The quantitative estimate of drug-likeness (QED) is 0.856. The summed E-state index contributed by atoms with van der Waals surface area (Å²) in [5.74, 6) is -1.26. The number of Topliss-reactive ketones (excluding diaryl/α,β-unsaturated/α-hetero) is 1. The van der Waals surface area contributed by atoms with Gasteiger partial charge in [-0.25, -0.2) is 0 Å². The van der Waals surface area contributed by atoms with Crippen LogP contribution in [0, 0.1) is 0 Å². The number of hydrogen-bond acceptors (Lipinski definition) is 5. The molecule has 2 aromatic rings. The van der Waals surface area contributed by atoms with Crippen molar-refractivity contribution < 1.29 is 14.7 Å². The summed E-state index contributed by atoms with van der Waals surface area (Å²) in [7, 11) is 0. The van der Waals surface area contributed by atoms with Crippen LogP contribution in [0.2, 0.25) is 0 Å². The average molecular weight is 328 g/mol. The van der Waals surface area contributed by atoms with Gasteiger partial charge in [0.25, 0.3) is 5.91 Å². The Labute approximate surface area is 137 Å². The van der Waals surface area contributed by atoms with Gasteiger partial charge in [-0.2, -0.15) is 0 Å². The van der Waals surface area contributed by atoms with E-state index in [9.17, 15) is 14.7 Å². The molecule has 1 aliphatic heterocycles. The number of hydrogen-bond donors (Lipinski definition) is 1. The van der Waals surface area contributed by atoms with Crippen molar-refractivity contribution in [3.05, 3.63) is 63.8 Å². The van der Waals surface area contributed by atoms with Crippen LogP contribution >= 0.6 is 11.3 Å². The first kappa shape index (κ1) is 15.4. The van der Waals surface area contributed by atoms with Crippen LogP contribution < -0.4 is 0 Å². The molecule has 0 aliphatic carbocycles. The zero-order chi connectivity index (χ0) is 16.4. The molecule has 0 radical (unpaired) electrons. The predicted octanol–water partition coefficient (Wildman–Crippen LogP) is 3.13. The minimum absolute atomic E-state index is 0.138. The highest BCUT2D eigenvalue weighted by Crippen LogP contribution is 2.39. The van der Waals surface area contributed by atoms with Gasteiger partial charge in [-0.15, -0.1) is 11.3 Å². The van der Waals surface area contributed by atoms with Crippen molar-refractivity contribution in [2.24, 2.45) is 0 Å². The van der Waals surface area contributed by atoms with Crippen LogP contribution in [0.25, 0.3) is 0 Å². The summed E-state index contributed by atoms with van der Waals surface area (Å²) in [6, 6.07) is 6.45. The van der Waals surface area contributed by atoms with Crippen LogP contribution in [0.15, 0.2) is 53.4 Å². The normalized spacial score (nSPS) is 17.9. The lowest BCUT2D eigenvalue weighted by molar-refractivity contribution is -0.129. The zero-order valence-electron chi connectivity index (χ0n) is 12.6. The number of nitrogens with zero attached hydrogens (tertiary/aromatic N) is 2. The number of amides is 1. The smallest absolute Gasteiger partial charge is 0.290 e. The molecule has 1 aliphatic rings. The van der Waals surface area contributed by atoms with Crippen LogP contribution in [0.5, 0.6) is 0 Å². The summed E-state index contributed by atoms with van der Waals surface area (Å²) < 4.78 is 0. The molecule has 2 aromatic heterocycles. The number of aliphatic hydroxyl groups is 1. The molecule has 6 heteroatoms. The number of carbonyl (C=O) groups is 2. The first-order chi connectivity index (χ1) is 11.1. The van der Waals surface area contributed by atoms with Gasteiger partial charge in [0.1, 0.15) is 0 Å². The summed E-state index contributed by atoms with van der Waals surface area (Å²) in [6.07, 6.45) is 3.99. The lowest BCUT2D eigenvalue weighted by Gasteiger charge is -2.25. The Kier molecular flexibility index (Phi) is 4.25. The summed E-state index contributed by atoms with van der Waals surface area (Å²) in [5.41, 5.74) is 0.858. The zero-order valence-corrected chi connectivity index (χ0v) is 13.4. The number of rotatable bonds is 5. The SMILES string of the molecule is CCCN1C(=O)C(O)=C(C(=O)c2cccs2)C1c1cccnc1. The molecular weight excluding hydrogens is 312 g/mol. The number of thiophene rings is 1. The third-order valence-corrected chi connectivity index (χ3v) is 4.63. The minimum atomic E-state index is -0.592. The van der Waals surface area contributed by atoms with Crippen LogP contribution in [0.4, 0.5) is 0 Å². The van der Waals surface area contributed by atoms with Gasteiger partial charge in [-0.3, -0.25) is 14.6 Å². The van der Waals surface area contributed by atoms with E-state index in [1.807, 2.05) is 13.0 Å². The second-order valence-corrected chi connectivity index (χ2v) is 6.20. The van der Waals surface area contributed by atoms with Crippen LogP contribution in [-0.4, -0.2) is 33.2 Å². The fourth-order valence-electron chi connectivity index (χ4n) is 2.78. The molecule has 3 rings (SSSR count). The van der Waals surface area contributed by atoms with Gasteiger partial charge >= 0.3 is 0 Å². The van der Waals surface area contributed by atoms with E-state index < -0.39 is 17.7 Å². The Morgan fingerprint density at radius 1 is 1.39 bits per heavy atom. The number of pyridine rings is 1. The molecule has 23 heavy (non-hydrogen) atoms. The van der Waals surface area contributed by atoms with Gasteiger partial charge in [-0.05, 0) is 29.5 Å². The highest BCUT2D eigenvalue weighted by Gasteiger charge is 2.43. The summed E-state index contributed by atoms with van der Waals surface area (Å²) in [6.45, 7) is 2.41. The molecule has 0 spiro atoms. The van der Waals surface area contributed by atoms with Gasteiger partial charge in [0.2, 0.25) is 5.78 Å². The highest BCUT2D eigenvalue weighted by molar-refractivity contribution is 7.12. The maximum atomic E-state index is 12.8. The van der Waals surface area contributed by atoms with E-state index >= 15 is 0 Å². The molecule has 0 saturated carbocycles. The van der Waals surface area contributed by atoms with E-state index in [0.717, 1.165) is 12.0 Å². The lowest BCUT2D eigenvalue weighted by Crippen LogP contribution is -2.31. The number of carbonyl (C=O) groups excluding carboxylic acids is 2. The number of aliphatic hydroxyl groups excluding tert-OH is 1. The monoisotopic (exact) mass is 328 g/mol. The maximum absolute atomic E-state index is 12.8. The second-order valence-electron chi connectivity index (χ2n) is 5.26. The second kappa shape index (κ2) is 6.34. The van der Waals surface area contributed by atoms with E-state index in [-0.39, 0.29) is 11.4 Å². The lowest BCUT2D eigenvalue weighted by atomic mass is 9.96. The van der Waals surface area contributed by atoms with Crippen molar-refractivity contribution in [2.75, 3.05) is 6.54 Å². The molecule has 3 heterocycles.